The standard InChI is InChI=1S/C13H24N2O3S/c1-2-11-4-3-5-12(10-11)14-13(16)15-6-8-19(17,18)9-7-15/h11-12H,2-10H2,1H3,(H,14,16). The summed E-state index contributed by atoms with van der Waals surface area (Å²) in [6.07, 6.45) is 5.74. The number of amides is 2. The molecular weight excluding hydrogens is 264 g/mol. The van der Waals surface area contributed by atoms with Crippen LogP contribution in [0.15, 0.2) is 0 Å². The second-order valence-electron chi connectivity index (χ2n) is 5.73. The summed E-state index contributed by atoms with van der Waals surface area (Å²) in [5.41, 5.74) is 0. The van der Waals surface area contributed by atoms with Gasteiger partial charge in [-0.3, -0.25) is 0 Å². The molecule has 1 aliphatic heterocycles. The minimum absolute atomic E-state index is 0.0864. The van der Waals surface area contributed by atoms with Crippen molar-refractivity contribution in [3.8, 4) is 0 Å². The van der Waals surface area contributed by atoms with E-state index in [1.807, 2.05) is 0 Å². The van der Waals surface area contributed by atoms with E-state index in [4.69, 9.17) is 0 Å². The van der Waals surface area contributed by atoms with E-state index in [2.05, 4.69) is 12.2 Å². The lowest BCUT2D eigenvalue weighted by atomic mass is 9.84. The number of carbonyl (C=O) groups is 1. The van der Waals surface area contributed by atoms with Gasteiger partial charge < -0.3 is 10.2 Å². The maximum absolute atomic E-state index is 12.1. The Kier molecular flexibility index (Phi) is 4.71. The highest BCUT2D eigenvalue weighted by molar-refractivity contribution is 7.91. The molecule has 1 N–H and O–H groups in total. The molecule has 110 valence electrons. The summed E-state index contributed by atoms with van der Waals surface area (Å²) < 4.78 is 22.7. The molecule has 2 unspecified atom stereocenters. The van der Waals surface area contributed by atoms with Crippen molar-refractivity contribution in [2.45, 2.75) is 45.1 Å². The van der Waals surface area contributed by atoms with Crippen molar-refractivity contribution in [1.29, 1.82) is 0 Å². The summed E-state index contributed by atoms with van der Waals surface area (Å²) in [4.78, 5) is 13.7. The van der Waals surface area contributed by atoms with Gasteiger partial charge in [0, 0.05) is 19.1 Å². The third-order valence-corrected chi connectivity index (χ3v) is 5.93. The van der Waals surface area contributed by atoms with Crippen molar-refractivity contribution in [2.24, 2.45) is 5.92 Å². The fourth-order valence-electron chi connectivity index (χ4n) is 2.97. The van der Waals surface area contributed by atoms with Gasteiger partial charge in [-0.05, 0) is 18.8 Å². The lowest BCUT2D eigenvalue weighted by molar-refractivity contribution is 0.189. The molecule has 0 aromatic heterocycles. The van der Waals surface area contributed by atoms with E-state index >= 15 is 0 Å². The second kappa shape index (κ2) is 6.11. The van der Waals surface area contributed by atoms with Gasteiger partial charge in [0.25, 0.3) is 0 Å². The van der Waals surface area contributed by atoms with Crippen molar-refractivity contribution >= 4 is 15.9 Å². The maximum Gasteiger partial charge on any atom is 0.317 e. The van der Waals surface area contributed by atoms with Crippen molar-refractivity contribution in [3.05, 3.63) is 0 Å². The predicted octanol–water partition coefficient (Wildman–Crippen LogP) is 1.40. The van der Waals surface area contributed by atoms with Gasteiger partial charge in [0.15, 0.2) is 9.84 Å². The Morgan fingerprint density at radius 3 is 2.58 bits per heavy atom. The average Bonchev–Trinajstić information content (AvgIpc) is 2.38. The molecule has 0 bridgehead atoms. The van der Waals surface area contributed by atoms with E-state index in [1.165, 1.54) is 19.3 Å². The monoisotopic (exact) mass is 288 g/mol. The minimum atomic E-state index is -2.92. The van der Waals surface area contributed by atoms with E-state index in [9.17, 15) is 13.2 Å². The molecule has 2 fully saturated rings. The van der Waals surface area contributed by atoms with Crippen LogP contribution in [0.1, 0.15) is 39.0 Å². The number of nitrogens with zero attached hydrogens (tertiary/aromatic N) is 1. The van der Waals surface area contributed by atoms with Crippen molar-refractivity contribution in [3.63, 3.8) is 0 Å². The normalized spacial score (nSPS) is 30.9. The Labute approximate surface area is 115 Å². The minimum Gasteiger partial charge on any atom is -0.335 e. The number of carbonyl (C=O) groups excluding carboxylic acids is 1. The molecule has 2 amide bonds. The molecule has 2 rings (SSSR count). The molecule has 1 aliphatic carbocycles. The Balaban J connectivity index is 1.81. The molecule has 0 spiro atoms. The third-order valence-electron chi connectivity index (χ3n) is 4.32. The number of hydrogen-bond acceptors (Lipinski definition) is 3. The first-order chi connectivity index (χ1) is 9.00. The third kappa shape index (κ3) is 4.09. The summed E-state index contributed by atoms with van der Waals surface area (Å²) in [7, 11) is -2.92. The molecule has 6 heteroatoms. The smallest absolute Gasteiger partial charge is 0.317 e. The maximum atomic E-state index is 12.1. The average molecular weight is 288 g/mol. The highest BCUT2D eigenvalue weighted by Gasteiger charge is 2.28. The molecule has 1 saturated carbocycles. The molecule has 1 heterocycles. The first-order valence-electron chi connectivity index (χ1n) is 7.26. The molecule has 2 atom stereocenters. The summed E-state index contributed by atoms with van der Waals surface area (Å²) in [5, 5.41) is 3.07. The summed E-state index contributed by atoms with van der Waals surface area (Å²) >= 11 is 0. The van der Waals surface area contributed by atoms with Crippen LogP contribution in [0.3, 0.4) is 0 Å². The zero-order valence-corrected chi connectivity index (χ0v) is 12.4. The fourth-order valence-corrected chi connectivity index (χ4v) is 4.18. The predicted molar refractivity (Wildman–Crippen MR) is 74.8 cm³/mol. The highest BCUT2D eigenvalue weighted by atomic mass is 32.2. The van der Waals surface area contributed by atoms with Crippen LogP contribution in [-0.2, 0) is 9.84 Å². The van der Waals surface area contributed by atoms with Crippen LogP contribution in [0.5, 0.6) is 0 Å². The molecular formula is C13H24N2O3S. The molecule has 2 aliphatic rings. The highest BCUT2D eigenvalue weighted by Crippen LogP contribution is 2.26. The lowest BCUT2D eigenvalue weighted by Crippen LogP contribution is -2.51. The topological polar surface area (TPSA) is 66.5 Å². The van der Waals surface area contributed by atoms with Gasteiger partial charge >= 0.3 is 6.03 Å². The number of rotatable bonds is 2. The molecule has 5 nitrogen and oxygen atoms in total. The van der Waals surface area contributed by atoms with E-state index < -0.39 is 9.84 Å². The van der Waals surface area contributed by atoms with Gasteiger partial charge in [0.05, 0.1) is 11.5 Å². The number of nitrogens with one attached hydrogen (secondary N) is 1. The van der Waals surface area contributed by atoms with Crippen molar-refractivity contribution in [2.75, 3.05) is 24.6 Å². The quantitative estimate of drug-likeness (QED) is 0.835. The van der Waals surface area contributed by atoms with Crippen LogP contribution in [-0.4, -0.2) is 50.0 Å². The van der Waals surface area contributed by atoms with Crippen LogP contribution in [0, 0.1) is 5.92 Å². The van der Waals surface area contributed by atoms with Crippen LogP contribution in [0.2, 0.25) is 0 Å². The Morgan fingerprint density at radius 2 is 1.95 bits per heavy atom. The fraction of sp³-hybridized carbons (Fsp3) is 0.923. The summed E-state index contributed by atoms with van der Waals surface area (Å²) in [6, 6.07) is 0.182. The molecule has 19 heavy (non-hydrogen) atoms. The first-order valence-corrected chi connectivity index (χ1v) is 9.08. The SMILES string of the molecule is CCC1CCCC(NC(=O)N2CCS(=O)(=O)CC2)C1. The largest absolute Gasteiger partial charge is 0.335 e. The van der Waals surface area contributed by atoms with Gasteiger partial charge in [-0.1, -0.05) is 26.2 Å². The van der Waals surface area contributed by atoms with E-state index in [0.717, 1.165) is 18.8 Å². The van der Waals surface area contributed by atoms with Crippen LogP contribution in [0.25, 0.3) is 0 Å². The summed E-state index contributed by atoms with van der Waals surface area (Å²) in [6.45, 7) is 2.86. The van der Waals surface area contributed by atoms with Gasteiger partial charge in [0.1, 0.15) is 0 Å². The summed E-state index contributed by atoms with van der Waals surface area (Å²) in [5.74, 6) is 0.923. The Morgan fingerprint density at radius 1 is 1.26 bits per heavy atom. The molecule has 0 aromatic rings. The van der Waals surface area contributed by atoms with Crippen molar-refractivity contribution < 1.29 is 13.2 Å². The van der Waals surface area contributed by atoms with Crippen molar-refractivity contribution in [1.82, 2.24) is 10.2 Å². The lowest BCUT2D eigenvalue weighted by Gasteiger charge is -2.33. The van der Waals surface area contributed by atoms with Crippen LogP contribution in [0.4, 0.5) is 4.79 Å². The molecule has 0 radical (unpaired) electrons. The molecule has 1 saturated heterocycles. The Hall–Kier alpha value is -0.780. The van der Waals surface area contributed by atoms with E-state index in [-0.39, 0.29) is 23.6 Å². The van der Waals surface area contributed by atoms with Gasteiger partial charge in [-0.25, -0.2) is 13.2 Å². The number of hydrogen-bond donors (Lipinski definition) is 1. The van der Waals surface area contributed by atoms with Crippen LogP contribution >= 0.6 is 0 Å². The zero-order valence-electron chi connectivity index (χ0n) is 11.6. The Bertz CT molecular complexity index is 408. The van der Waals surface area contributed by atoms with E-state index in [1.54, 1.807) is 4.90 Å². The number of urea groups is 1. The van der Waals surface area contributed by atoms with Gasteiger partial charge in [0.2, 0.25) is 0 Å². The van der Waals surface area contributed by atoms with E-state index in [0.29, 0.717) is 13.1 Å². The van der Waals surface area contributed by atoms with Crippen LogP contribution < -0.4 is 5.32 Å². The first kappa shape index (κ1) is 14.6. The van der Waals surface area contributed by atoms with Gasteiger partial charge in [-0.2, -0.15) is 0 Å². The number of sulfone groups is 1. The second-order valence-corrected chi connectivity index (χ2v) is 8.03. The van der Waals surface area contributed by atoms with Gasteiger partial charge in [-0.15, -0.1) is 0 Å². The molecule has 0 aromatic carbocycles. The zero-order chi connectivity index (χ0) is 13.9.